The zero-order valence-electron chi connectivity index (χ0n) is 8.42. The molecule has 0 amide bonds. The third kappa shape index (κ3) is 2.26. The van der Waals surface area contributed by atoms with Gasteiger partial charge in [-0.2, -0.15) is 0 Å². The Hall–Kier alpha value is -0.900. The standard InChI is InChI=1S/C11H8Cl2N2S/c1-6-5-14-11(16)15-10(6)7-2-3-8(12)9(13)4-7/h2-5H,1H3,(H,14,15,16). The van der Waals surface area contributed by atoms with Crippen molar-refractivity contribution < 1.29 is 0 Å². The molecule has 16 heavy (non-hydrogen) atoms. The van der Waals surface area contributed by atoms with Crippen LogP contribution in [0.15, 0.2) is 24.4 Å². The molecule has 0 aliphatic carbocycles. The maximum Gasteiger partial charge on any atom is 0.197 e. The molecule has 0 spiro atoms. The number of aromatic nitrogens is 2. The fraction of sp³-hybridized carbons (Fsp3) is 0.0909. The SMILES string of the molecule is Cc1cnc(=S)[nH]c1-c1ccc(Cl)c(Cl)c1. The predicted octanol–water partition coefficient (Wildman–Crippen LogP) is 4.42. The van der Waals surface area contributed by atoms with E-state index in [1.807, 2.05) is 13.0 Å². The molecule has 1 aromatic carbocycles. The lowest BCUT2D eigenvalue weighted by molar-refractivity contribution is 1.11. The second kappa shape index (κ2) is 4.53. The van der Waals surface area contributed by atoms with Crippen LogP contribution in [0, 0.1) is 11.7 Å². The van der Waals surface area contributed by atoms with E-state index < -0.39 is 0 Å². The van der Waals surface area contributed by atoms with E-state index in [2.05, 4.69) is 9.97 Å². The van der Waals surface area contributed by atoms with Gasteiger partial charge in [0.15, 0.2) is 4.77 Å². The molecule has 0 saturated heterocycles. The summed E-state index contributed by atoms with van der Waals surface area (Å²) in [7, 11) is 0. The van der Waals surface area contributed by atoms with Gasteiger partial charge in [-0.15, -0.1) is 0 Å². The van der Waals surface area contributed by atoms with Crippen molar-refractivity contribution in [3.05, 3.63) is 44.8 Å². The summed E-state index contributed by atoms with van der Waals surface area (Å²) < 4.78 is 0.451. The quantitative estimate of drug-likeness (QED) is 0.778. The van der Waals surface area contributed by atoms with E-state index in [4.69, 9.17) is 35.4 Å². The number of hydrogen-bond donors (Lipinski definition) is 1. The van der Waals surface area contributed by atoms with Crippen LogP contribution in [0.2, 0.25) is 10.0 Å². The van der Waals surface area contributed by atoms with Crippen LogP contribution in [-0.4, -0.2) is 9.97 Å². The fourth-order valence-corrected chi connectivity index (χ4v) is 1.86. The Morgan fingerprint density at radius 3 is 2.69 bits per heavy atom. The highest BCUT2D eigenvalue weighted by molar-refractivity contribution is 7.71. The summed E-state index contributed by atoms with van der Waals surface area (Å²) in [6.45, 7) is 1.95. The third-order valence-electron chi connectivity index (χ3n) is 2.21. The van der Waals surface area contributed by atoms with E-state index in [1.165, 1.54) is 0 Å². The molecule has 0 aliphatic heterocycles. The summed E-state index contributed by atoms with van der Waals surface area (Å²) in [4.78, 5) is 7.05. The number of aryl methyl sites for hydroxylation is 1. The molecule has 1 heterocycles. The first-order valence-corrected chi connectivity index (χ1v) is 5.75. The summed E-state index contributed by atoms with van der Waals surface area (Å²) >= 11 is 16.8. The number of rotatable bonds is 1. The van der Waals surface area contributed by atoms with Gasteiger partial charge in [0.05, 0.1) is 15.7 Å². The molecule has 1 N–H and O–H groups in total. The first-order chi connectivity index (χ1) is 7.58. The number of aromatic amines is 1. The monoisotopic (exact) mass is 270 g/mol. The maximum absolute atomic E-state index is 5.97. The number of halogens is 2. The topological polar surface area (TPSA) is 28.7 Å². The van der Waals surface area contributed by atoms with Crippen LogP contribution in [0.3, 0.4) is 0 Å². The lowest BCUT2D eigenvalue weighted by Gasteiger charge is -2.06. The van der Waals surface area contributed by atoms with Crippen molar-refractivity contribution >= 4 is 35.4 Å². The van der Waals surface area contributed by atoms with Crippen molar-refractivity contribution in [2.45, 2.75) is 6.92 Å². The Bertz CT molecular complexity index is 593. The molecule has 0 saturated carbocycles. The van der Waals surface area contributed by atoms with Crippen LogP contribution in [0.25, 0.3) is 11.3 Å². The minimum atomic E-state index is 0.451. The molecule has 2 rings (SSSR count). The zero-order chi connectivity index (χ0) is 11.7. The fourth-order valence-electron chi connectivity index (χ4n) is 1.41. The molecule has 1 aromatic heterocycles. The molecule has 0 aliphatic rings. The molecule has 0 fully saturated rings. The van der Waals surface area contributed by atoms with E-state index in [0.29, 0.717) is 14.8 Å². The van der Waals surface area contributed by atoms with Gasteiger partial charge in [0.1, 0.15) is 0 Å². The average Bonchev–Trinajstić information content (AvgIpc) is 2.26. The highest BCUT2D eigenvalue weighted by Gasteiger charge is 2.05. The maximum atomic E-state index is 5.97. The number of nitrogens with zero attached hydrogens (tertiary/aromatic N) is 1. The first-order valence-electron chi connectivity index (χ1n) is 4.59. The van der Waals surface area contributed by atoms with Crippen molar-refractivity contribution in [3.8, 4) is 11.3 Å². The molecule has 0 bridgehead atoms. The minimum Gasteiger partial charge on any atom is -0.330 e. The lowest BCUT2D eigenvalue weighted by Crippen LogP contribution is -1.91. The summed E-state index contributed by atoms with van der Waals surface area (Å²) in [6, 6.07) is 5.45. The minimum absolute atomic E-state index is 0.451. The van der Waals surface area contributed by atoms with Crippen molar-refractivity contribution in [1.82, 2.24) is 9.97 Å². The van der Waals surface area contributed by atoms with Crippen molar-refractivity contribution in [2.75, 3.05) is 0 Å². The number of hydrogen-bond acceptors (Lipinski definition) is 2. The van der Waals surface area contributed by atoms with Crippen LogP contribution in [0.1, 0.15) is 5.56 Å². The molecular weight excluding hydrogens is 263 g/mol. The lowest BCUT2D eigenvalue weighted by atomic mass is 10.1. The zero-order valence-corrected chi connectivity index (χ0v) is 10.7. The Kier molecular flexibility index (Phi) is 3.28. The Labute approximate surface area is 108 Å². The van der Waals surface area contributed by atoms with E-state index in [0.717, 1.165) is 16.8 Å². The van der Waals surface area contributed by atoms with Gasteiger partial charge in [-0.1, -0.05) is 29.3 Å². The molecule has 2 nitrogen and oxygen atoms in total. The normalized spacial score (nSPS) is 10.4. The Morgan fingerprint density at radius 1 is 1.25 bits per heavy atom. The summed E-state index contributed by atoms with van der Waals surface area (Å²) in [6.07, 6.45) is 1.73. The van der Waals surface area contributed by atoms with E-state index in [9.17, 15) is 0 Å². The van der Waals surface area contributed by atoms with Gasteiger partial charge in [0.25, 0.3) is 0 Å². The highest BCUT2D eigenvalue weighted by atomic mass is 35.5. The van der Waals surface area contributed by atoms with Gasteiger partial charge in [0.2, 0.25) is 0 Å². The molecule has 0 radical (unpaired) electrons. The highest BCUT2D eigenvalue weighted by Crippen LogP contribution is 2.28. The molecule has 5 heteroatoms. The van der Waals surface area contributed by atoms with Crippen LogP contribution in [0.4, 0.5) is 0 Å². The largest absolute Gasteiger partial charge is 0.330 e. The van der Waals surface area contributed by atoms with Gasteiger partial charge < -0.3 is 4.98 Å². The Balaban J connectivity index is 2.62. The average molecular weight is 271 g/mol. The summed E-state index contributed by atoms with van der Waals surface area (Å²) in [5.41, 5.74) is 2.87. The Morgan fingerprint density at radius 2 is 2.00 bits per heavy atom. The van der Waals surface area contributed by atoms with Gasteiger partial charge in [-0.05, 0) is 42.4 Å². The molecule has 0 unspecified atom stereocenters. The van der Waals surface area contributed by atoms with E-state index >= 15 is 0 Å². The van der Waals surface area contributed by atoms with Crippen molar-refractivity contribution in [1.29, 1.82) is 0 Å². The third-order valence-corrected chi connectivity index (χ3v) is 3.16. The van der Waals surface area contributed by atoms with Crippen LogP contribution in [-0.2, 0) is 0 Å². The first kappa shape index (κ1) is 11.6. The van der Waals surface area contributed by atoms with Crippen LogP contribution in [0.5, 0.6) is 0 Å². The molecule has 2 aromatic rings. The van der Waals surface area contributed by atoms with Gasteiger partial charge in [0, 0.05) is 6.20 Å². The van der Waals surface area contributed by atoms with Crippen molar-refractivity contribution in [3.63, 3.8) is 0 Å². The van der Waals surface area contributed by atoms with E-state index in [-0.39, 0.29) is 0 Å². The smallest absolute Gasteiger partial charge is 0.197 e. The van der Waals surface area contributed by atoms with Crippen LogP contribution >= 0.6 is 35.4 Å². The summed E-state index contributed by atoms with van der Waals surface area (Å²) in [5, 5.41) is 1.06. The van der Waals surface area contributed by atoms with Crippen LogP contribution < -0.4 is 0 Å². The van der Waals surface area contributed by atoms with Gasteiger partial charge in [-0.25, -0.2) is 4.98 Å². The molecule has 0 atom stereocenters. The second-order valence-electron chi connectivity index (χ2n) is 3.38. The van der Waals surface area contributed by atoms with Gasteiger partial charge in [-0.3, -0.25) is 0 Å². The molecular formula is C11H8Cl2N2S. The van der Waals surface area contributed by atoms with Crippen molar-refractivity contribution in [2.24, 2.45) is 0 Å². The molecule has 82 valence electrons. The predicted molar refractivity (Wildman–Crippen MR) is 69.6 cm³/mol. The second-order valence-corrected chi connectivity index (χ2v) is 4.58. The van der Waals surface area contributed by atoms with E-state index in [1.54, 1.807) is 18.3 Å². The van der Waals surface area contributed by atoms with Gasteiger partial charge >= 0.3 is 0 Å². The number of H-pyrrole nitrogens is 1. The summed E-state index contributed by atoms with van der Waals surface area (Å²) in [5.74, 6) is 0. The number of nitrogens with one attached hydrogen (secondary N) is 1. The number of benzene rings is 1.